The monoisotopic (exact) mass is 478 g/mol. The molecule has 2 atom stereocenters. The Labute approximate surface area is 183 Å². The molecule has 0 unspecified atom stereocenters. The van der Waals surface area contributed by atoms with Crippen molar-refractivity contribution in [2.75, 3.05) is 50.5 Å². The smallest absolute Gasteiger partial charge is 0.268 e. The van der Waals surface area contributed by atoms with Gasteiger partial charge < -0.3 is 14.5 Å². The Hall–Kier alpha value is -2.08. The van der Waals surface area contributed by atoms with Crippen LogP contribution in [-0.2, 0) is 14.8 Å². The number of methoxy groups -OCH3 is 1. The highest BCUT2D eigenvalue weighted by atomic mass is 35.5. The molecule has 7 nitrogen and oxygen atoms in total. The summed E-state index contributed by atoms with van der Waals surface area (Å²) >= 11 is 6.13. The number of benzene rings is 1. The van der Waals surface area contributed by atoms with Gasteiger partial charge in [-0.05, 0) is 26.2 Å². The molecule has 1 aliphatic heterocycles. The summed E-state index contributed by atoms with van der Waals surface area (Å²) in [5.74, 6) is -4.08. The summed E-state index contributed by atoms with van der Waals surface area (Å²) in [6.07, 6.45) is -0.186. The first kappa shape index (κ1) is 23.6. The average Bonchev–Trinajstić information content (AvgIpc) is 3.06. The fourth-order valence-corrected chi connectivity index (χ4v) is 5.11. The van der Waals surface area contributed by atoms with Crippen LogP contribution in [-0.4, -0.2) is 65.2 Å². The summed E-state index contributed by atoms with van der Waals surface area (Å²) in [6.45, 7) is 1.45. The number of hydrogen-bond acceptors (Lipinski definition) is 6. The number of halogens is 4. The third-order valence-corrected chi connectivity index (χ3v) is 6.69. The second kappa shape index (κ2) is 9.19. The lowest BCUT2D eigenvalue weighted by Gasteiger charge is -2.22. The summed E-state index contributed by atoms with van der Waals surface area (Å²) in [5, 5.41) is -0.533. The lowest BCUT2D eigenvalue weighted by Crippen LogP contribution is -2.30. The van der Waals surface area contributed by atoms with E-state index in [9.17, 15) is 21.6 Å². The van der Waals surface area contributed by atoms with Crippen molar-refractivity contribution >= 4 is 33.1 Å². The van der Waals surface area contributed by atoms with Gasteiger partial charge in [0.15, 0.2) is 10.7 Å². The van der Waals surface area contributed by atoms with Crippen LogP contribution >= 0.6 is 11.6 Å². The van der Waals surface area contributed by atoms with Gasteiger partial charge in [-0.1, -0.05) is 17.7 Å². The molecule has 0 radical (unpaired) electrons. The Morgan fingerprint density at radius 1 is 1.29 bits per heavy atom. The van der Waals surface area contributed by atoms with Gasteiger partial charge in [-0.15, -0.1) is 0 Å². The Morgan fingerprint density at radius 3 is 2.61 bits per heavy atom. The molecule has 170 valence electrons. The molecule has 1 saturated heterocycles. The van der Waals surface area contributed by atoms with Gasteiger partial charge in [0.1, 0.15) is 16.7 Å². The summed E-state index contributed by atoms with van der Waals surface area (Å²) in [6, 6.07) is 4.22. The Bertz CT molecular complexity index is 1070. The van der Waals surface area contributed by atoms with E-state index in [0.717, 1.165) is 18.2 Å². The first-order valence-electron chi connectivity index (χ1n) is 9.28. The van der Waals surface area contributed by atoms with Gasteiger partial charge in [-0.25, -0.2) is 22.2 Å². The number of rotatable bonds is 7. The van der Waals surface area contributed by atoms with E-state index in [2.05, 4.69) is 4.98 Å². The molecule has 12 heteroatoms. The highest BCUT2D eigenvalue weighted by Gasteiger charge is 2.36. The zero-order valence-electron chi connectivity index (χ0n) is 17.1. The van der Waals surface area contributed by atoms with E-state index in [1.807, 2.05) is 23.7 Å². The maximum absolute atomic E-state index is 15.0. The van der Waals surface area contributed by atoms with Gasteiger partial charge in [0.05, 0.1) is 11.8 Å². The Kier molecular flexibility index (Phi) is 6.99. The largest absolute Gasteiger partial charge is 0.379 e. The van der Waals surface area contributed by atoms with Crippen LogP contribution in [0.1, 0.15) is 0 Å². The molecule has 0 bridgehead atoms. The molecule has 1 aliphatic rings. The Balaban J connectivity index is 1.94. The number of sulfonamides is 1. The van der Waals surface area contributed by atoms with Crippen molar-refractivity contribution in [1.82, 2.24) is 9.88 Å². The van der Waals surface area contributed by atoms with Gasteiger partial charge in [0.2, 0.25) is 5.95 Å². The van der Waals surface area contributed by atoms with E-state index in [0.29, 0.717) is 19.6 Å². The van der Waals surface area contributed by atoms with E-state index in [-0.39, 0.29) is 17.7 Å². The fraction of sp³-hybridized carbons (Fsp3) is 0.421. The van der Waals surface area contributed by atoms with Crippen molar-refractivity contribution in [3.8, 4) is 0 Å². The highest BCUT2D eigenvalue weighted by Crippen LogP contribution is 2.37. The molecule has 2 aromatic rings. The molecule has 31 heavy (non-hydrogen) atoms. The SMILES string of the molecule is CO[C@@H]1CN(c2cc(F)c(S(=O)(=O)Nc3cccc(F)n3)c(F)c2Cl)C[C@H]1CN(C)C. The first-order chi connectivity index (χ1) is 14.5. The topological polar surface area (TPSA) is 74.8 Å². The number of ether oxygens (including phenoxy) is 1. The second-order valence-electron chi connectivity index (χ2n) is 7.49. The maximum Gasteiger partial charge on any atom is 0.268 e. The second-order valence-corrected chi connectivity index (χ2v) is 9.48. The summed E-state index contributed by atoms with van der Waals surface area (Å²) < 4.78 is 75.5. The molecule has 1 fully saturated rings. The van der Waals surface area contributed by atoms with E-state index < -0.39 is 43.3 Å². The summed E-state index contributed by atoms with van der Waals surface area (Å²) in [4.78, 5) is 5.71. The molecule has 1 aromatic carbocycles. The number of nitrogens with one attached hydrogen (secondary N) is 1. The van der Waals surface area contributed by atoms with Gasteiger partial charge in [-0.3, -0.25) is 4.72 Å². The lowest BCUT2D eigenvalue weighted by molar-refractivity contribution is 0.0733. The molecular formula is C19H22ClF3N4O3S. The molecule has 0 amide bonds. The van der Waals surface area contributed by atoms with Crippen LogP contribution in [0.15, 0.2) is 29.2 Å². The predicted octanol–water partition coefficient (Wildman–Crippen LogP) is 2.97. The third kappa shape index (κ3) is 5.05. The molecular weight excluding hydrogens is 457 g/mol. The standard InChI is InChI=1S/C19H22ClF3N4O3S/c1-26(2)8-11-9-27(10-14(11)30-3)13-7-12(21)19(18(23)17(13)20)31(28,29)25-16-6-4-5-15(22)24-16/h4-7,11,14H,8-10H2,1-3H3,(H,24,25)/t11-,14-/m1/s1. The first-order valence-corrected chi connectivity index (χ1v) is 11.1. The quantitative estimate of drug-likeness (QED) is 0.487. The molecule has 2 heterocycles. The van der Waals surface area contributed by atoms with Crippen LogP contribution < -0.4 is 9.62 Å². The van der Waals surface area contributed by atoms with Crippen LogP contribution in [0.25, 0.3) is 0 Å². The fourth-order valence-electron chi connectivity index (χ4n) is 3.65. The van der Waals surface area contributed by atoms with Crippen molar-refractivity contribution in [3.05, 3.63) is 46.9 Å². The van der Waals surface area contributed by atoms with Crippen molar-refractivity contribution in [2.24, 2.45) is 5.92 Å². The molecule has 1 aromatic heterocycles. The normalized spacial score (nSPS) is 19.3. The molecule has 0 aliphatic carbocycles. The van der Waals surface area contributed by atoms with Crippen LogP contribution in [0.2, 0.25) is 5.02 Å². The number of aromatic nitrogens is 1. The van der Waals surface area contributed by atoms with Gasteiger partial charge in [-0.2, -0.15) is 4.39 Å². The summed E-state index contributed by atoms with van der Waals surface area (Å²) in [5.41, 5.74) is 0.0304. The van der Waals surface area contributed by atoms with Crippen LogP contribution in [0.3, 0.4) is 0 Å². The molecule has 0 spiro atoms. The minimum Gasteiger partial charge on any atom is -0.379 e. The van der Waals surface area contributed by atoms with Gasteiger partial charge >= 0.3 is 0 Å². The maximum atomic E-state index is 15.0. The van der Waals surface area contributed by atoms with Crippen molar-refractivity contribution in [2.45, 2.75) is 11.0 Å². The van der Waals surface area contributed by atoms with Crippen LogP contribution in [0.4, 0.5) is 24.7 Å². The zero-order chi connectivity index (χ0) is 22.9. The predicted molar refractivity (Wildman–Crippen MR) is 111 cm³/mol. The zero-order valence-corrected chi connectivity index (χ0v) is 18.6. The van der Waals surface area contributed by atoms with Crippen molar-refractivity contribution in [3.63, 3.8) is 0 Å². The highest BCUT2D eigenvalue weighted by molar-refractivity contribution is 7.92. The van der Waals surface area contributed by atoms with Crippen LogP contribution in [0, 0.1) is 23.5 Å². The van der Waals surface area contributed by atoms with Crippen molar-refractivity contribution in [1.29, 1.82) is 0 Å². The Morgan fingerprint density at radius 2 is 2.00 bits per heavy atom. The van der Waals surface area contributed by atoms with Gasteiger partial charge in [0.25, 0.3) is 10.0 Å². The molecule has 0 saturated carbocycles. The van der Waals surface area contributed by atoms with Crippen molar-refractivity contribution < 1.29 is 26.3 Å². The lowest BCUT2D eigenvalue weighted by atomic mass is 10.1. The number of anilines is 2. The summed E-state index contributed by atoms with van der Waals surface area (Å²) in [7, 11) is 0.606. The van der Waals surface area contributed by atoms with Gasteiger partial charge in [0, 0.05) is 38.7 Å². The minimum absolute atomic E-state index is 0.0304. The average molecular weight is 479 g/mol. The van der Waals surface area contributed by atoms with E-state index in [1.54, 1.807) is 12.0 Å². The molecule has 3 rings (SSSR count). The number of pyridine rings is 1. The number of nitrogens with zero attached hydrogens (tertiary/aromatic N) is 3. The van der Waals surface area contributed by atoms with E-state index >= 15 is 0 Å². The minimum atomic E-state index is -4.76. The third-order valence-electron chi connectivity index (χ3n) is 4.94. The van der Waals surface area contributed by atoms with E-state index in [4.69, 9.17) is 16.3 Å². The number of hydrogen-bond donors (Lipinski definition) is 1. The van der Waals surface area contributed by atoms with E-state index in [1.165, 1.54) is 6.07 Å². The molecule has 1 N–H and O–H groups in total. The van der Waals surface area contributed by atoms with Crippen LogP contribution in [0.5, 0.6) is 0 Å².